The summed E-state index contributed by atoms with van der Waals surface area (Å²) in [6.07, 6.45) is 6.80. The van der Waals surface area contributed by atoms with Crippen LogP contribution >= 0.6 is 0 Å². The summed E-state index contributed by atoms with van der Waals surface area (Å²) in [6, 6.07) is 3.70. The van der Waals surface area contributed by atoms with Crippen molar-refractivity contribution in [2.24, 2.45) is 5.41 Å². The van der Waals surface area contributed by atoms with Crippen LogP contribution in [0.1, 0.15) is 20.8 Å². The van der Waals surface area contributed by atoms with Crippen LogP contribution in [0, 0.1) is 5.41 Å². The van der Waals surface area contributed by atoms with Crippen LogP contribution in [0.15, 0.2) is 36.9 Å². The molecular weight excluding hydrogens is 228 g/mol. The van der Waals surface area contributed by atoms with Crippen molar-refractivity contribution in [2.45, 2.75) is 20.8 Å². The van der Waals surface area contributed by atoms with Gasteiger partial charge < -0.3 is 5.32 Å². The van der Waals surface area contributed by atoms with Gasteiger partial charge in [0.15, 0.2) is 0 Å². The summed E-state index contributed by atoms with van der Waals surface area (Å²) in [7, 11) is 0. The molecule has 0 unspecified atom stereocenters. The molecule has 2 heterocycles. The summed E-state index contributed by atoms with van der Waals surface area (Å²) in [5.41, 5.74) is 1.17. The Morgan fingerprint density at radius 3 is 2.56 bits per heavy atom. The third-order valence-corrected chi connectivity index (χ3v) is 2.45. The largest absolute Gasteiger partial charge is 0.323 e. The zero-order chi connectivity index (χ0) is 13.2. The second-order valence-electron chi connectivity index (χ2n) is 5.08. The van der Waals surface area contributed by atoms with Gasteiger partial charge in [-0.15, -0.1) is 0 Å². The number of nitrogens with zero attached hydrogens (tertiary/aromatic N) is 3. The number of hydrogen-bond acceptors (Lipinski definition) is 3. The average Bonchev–Trinajstić information content (AvgIpc) is 2.77. The van der Waals surface area contributed by atoms with Crippen molar-refractivity contribution in [3.63, 3.8) is 0 Å². The Morgan fingerprint density at radius 1 is 1.28 bits per heavy atom. The molecule has 0 bridgehead atoms. The lowest BCUT2D eigenvalue weighted by Gasteiger charge is -2.16. The molecule has 18 heavy (non-hydrogen) atoms. The van der Waals surface area contributed by atoms with E-state index in [0.29, 0.717) is 5.69 Å². The Balaban J connectivity index is 2.15. The van der Waals surface area contributed by atoms with E-state index >= 15 is 0 Å². The lowest BCUT2D eigenvalue weighted by atomic mass is 9.96. The summed E-state index contributed by atoms with van der Waals surface area (Å²) >= 11 is 0. The number of amides is 1. The van der Waals surface area contributed by atoms with Crippen LogP contribution in [-0.4, -0.2) is 20.7 Å². The molecule has 0 spiro atoms. The zero-order valence-corrected chi connectivity index (χ0v) is 10.7. The van der Waals surface area contributed by atoms with Gasteiger partial charge in [-0.3, -0.25) is 9.78 Å². The van der Waals surface area contributed by atoms with Crippen LogP contribution in [0.5, 0.6) is 0 Å². The molecule has 2 aromatic rings. The first-order valence-electron chi connectivity index (χ1n) is 5.73. The first-order chi connectivity index (χ1) is 8.47. The number of carbonyl (C=O) groups is 1. The monoisotopic (exact) mass is 244 g/mol. The van der Waals surface area contributed by atoms with Gasteiger partial charge in [-0.25, -0.2) is 4.68 Å². The minimum Gasteiger partial charge on any atom is -0.323 e. The number of aromatic nitrogens is 3. The smallest absolute Gasteiger partial charge is 0.229 e. The van der Waals surface area contributed by atoms with E-state index in [1.165, 1.54) is 0 Å². The fourth-order valence-corrected chi connectivity index (χ4v) is 1.34. The lowest BCUT2D eigenvalue weighted by Crippen LogP contribution is -2.27. The Hall–Kier alpha value is -2.17. The van der Waals surface area contributed by atoms with E-state index in [4.69, 9.17) is 0 Å². The molecule has 0 saturated carbocycles. The van der Waals surface area contributed by atoms with Crippen molar-refractivity contribution in [2.75, 3.05) is 5.32 Å². The molecule has 0 fully saturated rings. The molecule has 0 aliphatic carbocycles. The third kappa shape index (κ3) is 2.74. The fraction of sp³-hybridized carbons (Fsp3) is 0.308. The van der Waals surface area contributed by atoms with Gasteiger partial charge in [-0.05, 0) is 12.1 Å². The Kier molecular flexibility index (Phi) is 3.14. The third-order valence-electron chi connectivity index (χ3n) is 2.45. The van der Waals surface area contributed by atoms with Crippen LogP contribution in [0.3, 0.4) is 0 Å². The Bertz CT molecular complexity index is 540. The van der Waals surface area contributed by atoms with E-state index in [0.717, 1.165) is 5.69 Å². The molecule has 1 amide bonds. The highest BCUT2D eigenvalue weighted by Gasteiger charge is 2.21. The second-order valence-corrected chi connectivity index (χ2v) is 5.08. The number of pyridine rings is 1. The maximum Gasteiger partial charge on any atom is 0.229 e. The highest BCUT2D eigenvalue weighted by atomic mass is 16.2. The van der Waals surface area contributed by atoms with Gasteiger partial charge in [0.1, 0.15) is 0 Å². The first-order valence-corrected chi connectivity index (χ1v) is 5.73. The van der Waals surface area contributed by atoms with Crippen LogP contribution in [0.4, 0.5) is 5.69 Å². The van der Waals surface area contributed by atoms with E-state index in [9.17, 15) is 4.79 Å². The maximum atomic E-state index is 11.8. The van der Waals surface area contributed by atoms with Gasteiger partial charge in [0.05, 0.1) is 23.8 Å². The molecule has 2 rings (SSSR count). The minimum atomic E-state index is -0.418. The average molecular weight is 244 g/mol. The normalized spacial score (nSPS) is 11.3. The number of carbonyl (C=O) groups excluding carboxylic acids is 1. The van der Waals surface area contributed by atoms with Crippen molar-refractivity contribution in [1.29, 1.82) is 0 Å². The van der Waals surface area contributed by atoms with Crippen molar-refractivity contribution < 1.29 is 4.79 Å². The SMILES string of the molecule is CC(C)(C)C(=O)Nc1cnn(-c2ccncc2)c1. The molecule has 2 aromatic heterocycles. The molecule has 1 N–H and O–H groups in total. The van der Waals surface area contributed by atoms with Gasteiger partial charge in [0.25, 0.3) is 0 Å². The highest BCUT2D eigenvalue weighted by Crippen LogP contribution is 2.17. The van der Waals surface area contributed by atoms with Crippen molar-refractivity contribution in [3.05, 3.63) is 36.9 Å². The summed E-state index contributed by atoms with van der Waals surface area (Å²) in [4.78, 5) is 15.8. The number of nitrogens with one attached hydrogen (secondary N) is 1. The van der Waals surface area contributed by atoms with Gasteiger partial charge in [-0.2, -0.15) is 5.10 Å². The van der Waals surface area contributed by atoms with Gasteiger partial charge in [0, 0.05) is 17.8 Å². The Morgan fingerprint density at radius 2 is 1.94 bits per heavy atom. The second kappa shape index (κ2) is 4.60. The molecule has 5 nitrogen and oxygen atoms in total. The van der Waals surface area contributed by atoms with Crippen LogP contribution in [-0.2, 0) is 4.79 Å². The van der Waals surface area contributed by atoms with Crippen molar-refractivity contribution in [1.82, 2.24) is 14.8 Å². The van der Waals surface area contributed by atoms with E-state index in [1.54, 1.807) is 29.5 Å². The number of hydrogen-bond donors (Lipinski definition) is 1. The predicted octanol–water partition coefficient (Wildman–Crippen LogP) is 2.25. The molecule has 0 aromatic carbocycles. The molecule has 0 aliphatic heterocycles. The molecule has 0 saturated heterocycles. The van der Waals surface area contributed by atoms with E-state index in [-0.39, 0.29) is 5.91 Å². The molecule has 5 heteroatoms. The standard InChI is InChI=1S/C13H16N4O/c1-13(2,3)12(18)16-10-8-15-17(9-10)11-4-6-14-7-5-11/h4-9H,1-3H3,(H,16,18). The number of rotatable bonds is 2. The quantitative estimate of drug-likeness (QED) is 0.881. The van der Waals surface area contributed by atoms with Gasteiger partial charge >= 0.3 is 0 Å². The molecule has 0 atom stereocenters. The highest BCUT2D eigenvalue weighted by molar-refractivity contribution is 5.94. The van der Waals surface area contributed by atoms with Crippen LogP contribution < -0.4 is 5.32 Å². The maximum absolute atomic E-state index is 11.8. The van der Waals surface area contributed by atoms with Crippen molar-refractivity contribution in [3.8, 4) is 5.69 Å². The predicted molar refractivity (Wildman–Crippen MR) is 69.4 cm³/mol. The zero-order valence-electron chi connectivity index (χ0n) is 10.7. The summed E-state index contributed by atoms with van der Waals surface area (Å²) in [5.74, 6) is -0.0308. The first kappa shape index (κ1) is 12.3. The lowest BCUT2D eigenvalue weighted by molar-refractivity contribution is -0.123. The van der Waals surface area contributed by atoms with E-state index < -0.39 is 5.41 Å². The molecule has 0 radical (unpaired) electrons. The number of anilines is 1. The van der Waals surface area contributed by atoms with E-state index in [1.807, 2.05) is 32.9 Å². The fourth-order valence-electron chi connectivity index (χ4n) is 1.34. The summed E-state index contributed by atoms with van der Waals surface area (Å²) in [6.45, 7) is 5.61. The van der Waals surface area contributed by atoms with Gasteiger partial charge in [0.2, 0.25) is 5.91 Å². The minimum absolute atomic E-state index is 0.0308. The topological polar surface area (TPSA) is 59.8 Å². The van der Waals surface area contributed by atoms with Gasteiger partial charge in [-0.1, -0.05) is 20.8 Å². The molecule has 94 valence electrons. The molecular formula is C13H16N4O. The summed E-state index contributed by atoms with van der Waals surface area (Å²) in [5, 5.41) is 7.03. The van der Waals surface area contributed by atoms with Crippen LogP contribution in [0.2, 0.25) is 0 Å². The van der Waals surface area contributed by atoms with E-state index in [2.05, 4.69) is 15.4 Å². The Labute approximate surface area is 106 Å². The van der Waals surface area contributed by atoms with Crippen molar-refractivity contribution >= 4 is 11.6 Å². The summed E-state index contributed by atoms with van der Waals surface area (Å²) < 4.78 is 1.69. The molecule has 0 aliphatic rings. The van der Waals surface area contributed by atoms with Crippen LogP contribution in [0.25, 0.3) is 5.69 Å².